The van der Waals surface area contributed by atoms with Crippen LogP contribution in [0.15, 0.2) is 54.6 Å². The van der Waals surface area contributed by atoms with Crippen LogP contribution in [0.25, 0.3) is 10.8 Å². The lowest BCUT2D eigenvalue weighted by Crippen LogP contribution is -2.37. The van der Waals surface area contributed by atoms with Gasteiger partial charge in [0.15, 0.2) is 0 Å². The molecule has 1 saturated heterocycles. The van der Waals surface area contributed by atoms with Gasteiger partial charge in [-0.15, -0.1) is 0 Å². The molecule has 5 rings (SSSR count). The molecule has 0 aromatic heterocycles. The highest BCUT2D eigenvalue weighted by atomic mass is 32.2. The molecular weight excluding hydrogens is 438 g/mol. The molecule has 3 aromatic carbocycles. The van der Waals surface area contributed by atoms with E-state index in [2.05, 4.69) is 5.32 Å². The summed E-state index contributed by atoms with van der Waals surface area (Å²) in [6.07, 6.45) is 2.60. The third-order valence-corrected chi connectivity index (χ3v) is 8.11. The molecule has 0 unspecified atom stereocenters. The van der Waals surface area contributed by atoms with Gasteiger partial charge < -0.3 is 15.8 Å². The summed E-state index contributed by atoms with van der Waals surface area (Å²) in [7, 11) is -3.44. The predicted molar refractivity (Wildman–Crippen MR) is 129 cm³/mol. The zero-order chi connectivity index (χ0) is 23.0. The van der Waals surface area contributed by atoms with Crippen LogP contribution in [0.2, 0.25) is 0 Å². The Hall–Kier alpha value is -3.10. The largest absolute Gasteiger partial charge is 0.490 e. The maximum absolute atomic E-state index is 13.0. The van der Waals surface area contributed by atoms with Crippen molar-refractivity contribution in [3.63, 3.8) is 0 Å². The van der Waals surface area contributed by atoms with E-state index in [-0.39, 0.29) is 18.4 Å². The number of primary amides is 1. The second kappa shape index (κ2) is 8.68. The van der Waals surface area contributed by atoms with E-state index in [1.165, 1.54) is 4.31 Å². The highest BCUT2D eigenvalue weighted by molar-refractivity contribution is 7.92. The van der Waals surface area contributed by atoms with Crippen LogP contribution in [-0.4, -0.2) is 39.3 Å². The quantitative estimate of drug-likeness (QED) is 0.603. The smallest absolute Gasteiger partial charge is 0.248 e. The maximum Gasteiger partial charge on any atom is 0.248 e. The number of aryl methyl sites for hydroxylation is 1. The number of carbonyl (C=O) groups excluding carboxylic acids is 1. The van der Waals surface area contributed by atoms with Crippen LogP contribution in [0, 0.1) is 0 Å². The Morgan fingerprint density at radius 2 is 1.82 bits per heavy atom. The van der Waals surface area contributed by atoms with Crippen molar-refractivity contribution in [2.24, 2.45) is 5.73 Å². The molecule has 2 aliphatic heterocycles. The number of hydrogen-bond acceptors (Lipinski definition) is 5. The molecule has 33 heavy (non-hydrogen) atoms. The molecular formula is C25H27N3O4S. The number of hydrogen-bond donors (Lipinski definition) is 2. The molecule has 0 aliphatic carbocycles. The molecule has 1 fully saturated rings. The third kappa shape index (κ3) is 4.54. The normalized spacial score (nSPS) is 18.1. The highest BCUT2D eigenvalue weighted by Crippen LogP contribution is 2.34. The van der Waals surface area contributed by atoms with E-state index in [4.69, 9.17) is 10.5 Å². The van der Waals surface area contributed by atoms with Crippen molar-refractivity contribution in [1.82, 2.24) is 5.32 Å². The number of carbonyl (C=O) groups is 1. The number of sulfonamides is 1. The number of nitrogens with one attached hydrogen (secondary N) is 1. The average molecular weight is 466 g/mol. The Balaban J connectivity index is 1.43. The highest BCUT2D eigenvalue weighted by Gasteiger charge is 2.30. The summed E-state index contributed by atoms with van der Waals surface area (Å²) in [6, 6.07) is 16.8. The predicted octanol–water partition coefficient (Wildman–Crippen LogP) is 2.96. The topological polar surface area (TPSA) is 102 Å². The molecule has 2 heterocycles. The number of amides is 1. The summed E-state index contributed by atoms with van der Waals surface area (Å²) < 4.78 is 33.6. The van der Waals surface area contributed by atoms with Crippen molar-refractivity contribution < 1.29 is 17.9 Å². The maximum atomic E-state index is 13.0. The molecule has 0 bridgehead atoms. The van der Waals surface area contributed by atoms with Crippen molar-refractivity contribution in [3.8, 4) is 5.75 Å². The number of rotatable bonds is 5. The van der Waals surface area contributed by atoms with Crippen molar-refractivity contribution in [2.45, 2.75) is 31.9 Å². The lowest BCUT2D eigenvalue weighted by Gasteiger charge is -2.31. The Morgan fingerprint density at radius 3 is 2.61 bits per heavy atom. The molecule has 3 N–H and O–H groups in total. The van der Waals surface area contributed by atoms with Crippen LogP contribution in [0.3, 0.4) is 0 Å². The first-order chi connectivity index (χ1) is 15.9. The van der Waals surface area contributed by atoms with E-state index in [0.717, 1.165) is 53.6 Å². The fourth-order valence-corrected chi connectivity index (χ4v) is 6.10. The number of nitrogens with zero attached hydrogens (tertiary/aromatic N) is 1. The minimum atomic E-state index is -3.44. The number of piperidine rings is 1. The minimum Gasteiger partial charge on any atom is -0.490 e. The summed E-state index contributed by atoms with van der Waals surface area (Å²) in [5.41, 5.74) is 8.36. The number of fused-ring (bicyclic) bond motifs is 2. The molecule has 2 aliphatic rings. The summed E-state index contributed by atoms with van der Waals surface area (Å²) in [5.74, 6) is 0.373. The van der Waals surface area contributed by atoms with E-state index < -0.39 is 15.9 Å². The summed E-state index contributed by atoms with van der Waals surface area (Å²) in [5, 5.41) is 5.15. The van der Waals surface area contributed by atoms with Crippen molar-refractivity contribution in [3.05, 3.63) is 71.3 Å². The molecule has 7 nitrogen and oxygen atoms in total. The van der Waals surface area contributed by atoms with Crippen molar-refractivity contribution >= 4 is 32.4 Å². The molecule has 1 amide bonds. The lowest BCUT2D eigenvalue weighted by atomic mass is 10.0. The first-order valence-corrected chi connectivity index (χ1v) is 12.8. The van der Waals surface area contributed by atoms with E-state index >= 15 is 0 Å². The van der Waals surface area contributed by atoms with E-state index in [9.17, 15) is 13.2 Å². The molecule has 0 radical (unpaired) electrons. The first kappa shape index (κ1) is 21.7. The van der Waals surface area contributed by atoms with Gasteiger partial charge in [0.25, 0.3) is 0 Å². The monoisotopic (exact) mass is 465 g/mol. The van der Waals surface area contributed by atoms with Crippen LogP contribution >= 0.6 is 0 Å². The van der Waals surface area contributed by atoms with Gasteiger partial charge in [0.1, 0.15) is 11.9 Å². The molecule has 0 spiro atoms. The molecule has 0 saturated carbocycles. The van der Waals surface area contributed by atoms with Crippen LogP contribution in [-0.2, 0) is 23.0 Å². The fraction of sp³-hybridized carbons (Fsp3) is 0.320. The van der Waals surface area contributed by atoms with Gasteiger partial charge >= 0.3 is 0 Å². The zero-order valence-electron chi connectivity index (χ0n) is 18.3. The zero-order valence-corrected chi connectivity index (χ0v) is 19.1. The standard InChI is InChI=1S/C25H27N3O4S/c26-25(29)20-4-3-18-2-1-17(13-21(18)14-20)16-28-24-6-5-23(32-22-7-10-27-11-8-22)15-19(24)9-12-33(28,30)31/h1-6,13-15,22,27H,7-12,16H2,(H2,26,29). The number of benzene rings is 3. The van der Waals surface area contributed by atoms with Gasteiger partial charge in [0.2, 0.25) is 15.9 Å². The van der Waals surface area contributed by atoms with Gasteiger partial charge in [-0.2, -0.15) is 0 Å². The van der Waals surface area contributed by atoms with Gasteiger partial charge in [-0.1, -0.05) is 18.2 Å². The minimum absolute atomic E-state index is 0.0657. The van der Waals surface area contributed by atoms with E-state index in [1.807, 2.05) is 42.5 Å². The molecule has 3 aromatic rings. The summed E-state index contributed by atoms with van der Waals surface area (Å²) >= 11 is 0. The van der Waals surface area contributed by atoms with Gasteiger partial charge in [0, 0.05) is 5.56 Å². The van der Waals surface area contributed by atoms with Gasteiger partial charge in [-0.05, 0) is 90.6 Å². The van der Waals surface area contributed by atoms with Crippen molar-refractivity contribution in [1.29, 1.82) is 0 Å². The number of ether oxygens (including phenoxy) is 1. The van der Waals surface area contributed by atoms with E-state index in [0.29, 0.717) is 17.7 Å². The average Bonchev–Trinajstić information content (AvgIpc) is 2.81. The second-order valence-electron chi connectivity index (χ2n) is 8.69. The fourth-order valence-electron chi connectivity index (χ4n) is 4.58. The number of nitrogens with two attached hydrogens (primary N) is 1. The van der Waals surface area contributed by atoms with Crippen LogP contribution in [0.5, 0.6) is 5.75 Å². The van der Waals surface area contributed by atoms with Crippen LogP contribution < -0.4 is 20.1 Å². The molecule has 8 heteroatoms. The Labute approximate surface area is 193 Å². The van der Waals surface area contributed by atoms with Gasteiger partial charge in [0.05, 0.1) is 18.0 Å². The Bertz CT molecular complexity index is 1320. The third-order valence-electron chi connectivity index (χ3n) is 6.39. The summed E-state index contributed by atoms with van der Waals surface area (Å²) in [6.45, 7) is 2.13. The van der Waals surface area contributed by atoms with E-state index in [1.54, 1.807) is 12.1 Å². The molecule has 0 atom stereocenters. The Kier molecular flexibility index (Phi) is 5.72. The Morgan fingerprint density at radius 1 is 1.03 bits per heavy atom. The number of anilines is 1. The summed E-state index contributed by atoms with van der Waals surface area (Å²) in [4.78, 5) is 11.5. The SMILES string of the molecule is NC(=O)c1ccc2ccc(CN3c4ccc(OC5CCNCC5)cc4CCS3(=O)=O)cc2c1. The van der Waals surface area contributed by atoms with Crippen LogP contribution in [0.4, 0.5) is 5.69 Å². The van der Waals surface area contributed by atoms with Crippen LogP contribution in [0.1, 0.15) is 34.3 Å². The van der Waals surface area contributed by atoms with Crippen molar-refractivity contribution in [2.75, 3.05) is 23.1 Å². The second-order valence-corrected chi connectivity index (χ2v) is 10.7. The van der Waals surface area contributed by atoms with Gasteiger partial charge in [-0.25, -0.2) is 8.42 Å². The van der Waals surface area contributed by atoms with Gasteiger partial charge in [-0.3, -0.25) is 9.10 Å². The lowest BCUT2D eigenvalue weighted by molar-refractivity contribution is 0.100. The first-order valence-electron chi connectivity index (χ1n) is 11.2. The molecule has 172 valence electrons.